The second-order valence-electron chi connectivity index (χ2n) is 6.11. The van der Waals surface area contributed by atoms with Crippen molar-refractivity contribution in [3.63, 3.8) is 0 Å². The summed E-state index contributed by atoms with van der Waals surface area (Å²) < 4.78 is 26.5. The van der Waals surface area contributed by atoms with Gasteiger partial charge in [0, 0.05) is 0 Å². The smallest absolute Gasteiger partial charge is 0.250 e. The molecule has 1 heterocycles. The van der Waals surface area contributed by atoms with Crippen molar-refractivity contribution in [1.82, 2.24) is 14.9 Å². The number of carbonyl (C=O) groups excluding carboxylic acids is 1. The van der Waals surface area contributed by atoms with Crippen LogP contribution in [0.5, 0.6) is 0 Å². The molecule has 0 saturated carbocycles. The minimum atomic E-state index is -3.78. The second kappa shape index (κ2) is 5.99. The van der Waals surface area contributed by atoms with Crippen molar-refractivity contribution in [2.75, 3.05) is 11.3 Å². The number of primary amides is 1. The summed E-state index contributed by atoms with van der Waals surface area (Å²) in [5, 5.41) is 7.14. The van der Waals surface area contributed by atoms with Crippen LogP contribution in [0.4, 0.5) is 0 Å². The summed E-state index contributed by atoms with van der Waals surface area (Å²) in [5.41, 5.74) is 8.46. The number of hydrogen-bond donors (Lipinski definition) is 2. The van der Waals surface area contributed by atoms with Crippen LogP contribution in [0, 0.1) is 0 Å². The van der Waals surface area contributed by atoms with Gasteiger partial charge in [-0.2, -0.15) is 0 Å². The van der Waals surface area contributed by atoms with E-state index < -0.39 is 21.6 Å². The highest BCUT2D eigenvalue weighted by atomic mass is 32.2. The largest absolute Gasteiger partial charge is 0.366 e. The standard InChI is InChI=1S/C14H19N5O3S/c1-14(2,3)10-4-5-11(13(15)20)12(6-10)23(21,22)9-18-19-7-16-17-8-19/h4-8,18H,9H2,1-3H3,(H2,15,20). The summed E-state index contributed by atoms with van der Waals surface area (Å²) in [6, 6.07) is 4.67. The Labute approximate surface area is 134 Å². The van der Waals surface area contributed by atoms with E-state index in [0.717, 1.165) is 5.56 Å². The number of nitrogens with zero attached hydrogens (tertiary/aromatic N) is 3. The lowest BCUT2D eigenvalue weighted by Gasteiger charge is -2.21. The molecule has 3 N–H and O–H groups in total. The Balaban J connectivity index is 2.43. The third kappa shape index (κ3) is 3.86. The van der Waals surface area contributed by atoms with Crippen LogP contribution in [0.15, 0.2) is 35.7 Å². The zero-order chi connectivity index (χ0) is 17.3. The molecule has 1 amide bonds. The van der Waals surface area contributed by atoms with E-state index >= 15 is 0 Å². The van der Waals surface area contributed by atoms with Crippen molar-refractivity contribution in [2.24, 2.45) is 5.73 Å². The number of aromatic nitrogens is 3. The number of rotatable bonds is 5. The first kappa shape index (κ1) is 16.9. The highest BCUT2D eigenvalue weighted by molar-refractivity contribution is 7.91. The molecule has 23 heavy (non-hydrogen) atoms. The lowest BCUT2D eigenvalue weighted by molar-refractivity contribution is 0.0997. The molecule has 2 rings (SSSR count). The summed E-state index contributed by atoms with van der Waals surface area (Å²) in [5.74, 6) is -1.20. The molecule has 0 aliphatic carbocycles. The van der Waals surface area contributed by atoms with Crippen LogP contribution in [0.2, 0.25) is 0 Å². The Bertz CT molecular complexity index is 807. The van der Waals surface area contributed by atoms with Gasteiger partial charge in [-0.3, -0.25) is 4.79 Å². The van der Waals surface area contributed by atoms with E-state index in [0.29, 0.717) is 0 Å². The van der Waals surface area contributed by atoms with E-state index in [1.807, 2.05) is 20.8 Å². The number of benzene rings is 1. The summed E-state index contributed by atoms with van der Waals surface area (Å²) in [7, 11) is -3.78. The van der Waals surface area contributed by atoms with Gasteiger partial charge in [-0.25, -0.2) is 13.1 Å². The van der Waals surface area contributed by atoms with Crippen LogP contribution in [-0.4, -0.2) is 35.1 Å². The third-order valence-electron chi connectivity index (χ3n) is 3.30. The Morgan fingerprint density at radius 2 is 1.87 bits per heavy atom. The molecule has 1 aromatic carbocycles. The number of carbonyl (C=O) groups is 1. The predicted octanol–water partition coefficient (Wildman–Crippen LogP) is 0.649. The first-order valence-electron chi connectivity index (χ1n) is 6.87. The fourth-order valence-corrected chi connectivity index (χ4v) is 3.25. The maximum absolute atomic E-state index is 12.6. The molecular formula is C14H19N5O3S. The van der Waals surface area contributed by atoms with E-state index in [-0.39, 0.29) is 15.9 Å². The van der Waals surface area contributed by atoms with Crippen molar-refractivity contribution in [1.29, 1.82) is 0 Å². The van der Waals surface area contributed by atoms with Gasteiger partial charge in [-0.1, -0.05) is 26.8 Å². The number of hydrogen-bond acceptors (Lipinski definition) is 6. The molecular weight excluding hydrogens is 318 g/mol. The monoisotopic (exact) mass is 337 g/mol. The van der Waals surface area contributed by atoms with Crippen LogP contribution < -0.4 is 11.2 Å². The summed E-state index contributed by atoms with van der Waals surface area (Å²) in [6.45, 7) is 5.87. The van der Waals surface area contributed by atoms with Gasteiger partial charge in [0.2, 0.25) is 5.91 Å². The van der Waals surface area contributed by atoms with Crippen LogP contribution in [0.1, 0.15) is 36.7 Å². The molecule has 1 aromatic heterocycles. The molecule has 2 aromatic rings. The van der Waals surface area contributed by atoms with E-state index in [2.05, 4.69) is 15.6 Å². The molecule has 9 heteroatoms. The van der Waals surface area contributed by atoms with Gasteiger partial charge < -0.3 is 11.2 Å². The lowest BCUT2D eigenvalue weighted by atomic mass is 9.86. The fraction of sp³-hybridized carbons (Fsp3) is 0.357. The number of amides is 1. The fourth-order valence-electron chi connectivity index (χ4n) is 1.97. The number of nitrogens with one attached hydrogen (secondary N) is 1. The highest BCUT2D eigenvalue weighted by Gasteiger charge is 2.24. The van der Waals surface area contributed by atoms with Gasteiger partial charge in [0.25, 0.3) is 0 Å². The molecule has 8 nitrogen and oxygen atoms in total. The van der Waals surface area contributed by atoms with Crippen molar-refractivity contribution in [3.8, 4) is 0 Å². The Morgan fingerprint density at radius 1 is 1.26 bits per heavy atom. The molecule has 0 spiro atoms. The van der Waals surface area contributed by atoms with E-state index in [9.17, 15) is 13.2 Å². The minimum absolute atomic E-state index is 0.0245. The van der Waals surface area contributed by atoms with Crippen LogP contribution in [0.25, 0.3) is 0 Å². The third-order valence-corrected chi connectivity index (χ3v) is 4.82. The van der Waals surface area contributed by atoms with E-state index in [4.69, 9.17) is 5.73 Å². The van der Waals surface area contributed by atoms with Crippen LogP contribution >= 0.6 is 0 Å². The van der Waals surface area contributed by atoms with Crippen molar-refractivity contribution in [3.05, 3.63) is 42.0 Å². The van der Waals surface area contributed by atoms with Crippen molar-refractivity contribution in [2.45, 2.75) is 31.1 Å². The maximum atomic E-state index is 12.6. The maximum Gasteiger partial charge on any atom is 0.250 e. The van der Waals surface area contributed by atoms with Crippen LogP contribution in [-0.2, 0) is 15.3 Å². The molecule has 124 valence electrons. The molecule has 0 saturated heterocycles. The zero-order valence-electron chi connectivity index (χ0n) is 13.1. The van der Waals surface area contributed by atoms with Crippen molar-refractivity contribution < 1.29 is 13.2 Å². The van der Waals surface area contributed by atoms with Gasteiger partial charge in [-0.05, 0) is 23.1 Å². The average Bonchev–Trinajstić information content (AvgIpc) is 2.97. The zero-order valence-corrected chi connectivity index (χ0v) is 14.0. The van der Waals surface area contributed by atoms with Gasteiger partial charge in [0.05, 0.1) is 10.5 Å². The first-order valence-corrected chi connectivity index (χ1v) is 8.52. The van der Waals surface area contributed by atoms with E-state index in [1.54, 1.807) is 6.07 Å². The Morgan fingerprint density at radius 3 is 2.39 bits per heavy atom. The summed E-state index contributed by atoms with van der Waals surface area (Å²) in [4.78, 5) is 11.5. The summed E-state index contributed by atoms with van der Waals surface area (Å²) >= 11 is 0. The van der Waals surface area contributed by atoms with E-state index in [1.165, 1.54) is 29.5 Å². The van der Waals surface area contributed by atoms with Gasteiger partial charge >= 0.3 is 0 Å². The molecule has 0 aliphatic rings. The number of sulfone groups is 1. The normalized spacial score (nSPS) is 12.1. The summed E-state index contributed by atoms with van der Waals surface area (Å²) in [6.07, 6.45) is 2.66. The SMILES string of the molecule is CC(C)(C)c1ccc(C(N)=O)c(S(=O)(=O)CNn2cnnc2)c1. The topological polar surface area (TPSA) is 120 Å². The van der Waals surface area contributed by atoms with Crippen LogP contribution in [0.3, 0.4) is 0 Å². The lowest BCUT2D eigenvalue weighted by Crippen LogP contribution is -2.25. The Kier molecular flexibility index (Phi) is 4.42. The molecule has 0 radical (unpaired) electrons. The molecule has 0 fully saturated rings. The molecule has 0 bridgehead atoms. The molecule has 0 aliphatic heterocycles. The van der Waals surface area contributed by atoms with Gasteiger partial charge in [0.15, 0.2) is 9.84 Å². The number of nitrogens with two attached hydrogens (primary N) is 1. The molecule has 0 atom stereocenters. The van der Waals surface area contributed by atoms with Gasteiger partial charge in [-0.15, -0.1) is 10.2 Å². The minimum Gasteiger partial charge on any atom is -0.366 e. The molecule has 0 unspecified atom stereocenters. The second-order valence-corrected chi connectivity index (χ2v) is 8.07. The Hall–Kier alpha value is -2.42. The highest BCUT2D eigenvalue weighted by Crippen LogP contribution is 2.27. The van der Waals surface area contributed by atoms with Gasteiger partial charge in [0.1, 0.15) is 18.5 Å². The quantitative estimate of drug-likeness (QED) is 0.826. The average molecular weight is 337 g/mol. The predicted molar refractivity (Wildman–Crippen MR) is 85.1 cm³/mol. The first-order chi connectivity index (χ1) is 10.6. The van der Waals surface area contributed by atoms with Crippen molar-refractivity contribution >= 4 is 15.7 Å².